The first kappa shape index (κ1) is 26.2. The molecule has 1 aliphatic heterocycles. The molecule has 3 N–H and O–H groups in total. The van der Waals surface area contributed by atoms with Crippen molar-refractivity contribution >= 4 is 7.75 Å². The maximum Gasteiger partial charge on any atom is 0.406 e. The van der Waals surface area contributed by atoms with Crippen LogP contribution in [0.25, 0.3) is 0 Å². The van der Waals surface area contributed by atoms with Gasteiger partial charge in [0.05, 0.1) is 25.5 Å². The smallest absolute Gasteiger partial charge is 0.390 e. The highest BCUT2D eigenvalue weighted by molar-refractivity contribution is 7.51. The molecule has 4 atom stereocenters. The highest BCUT2D eigenvalue weighted by Crippen LogP contribution is 2.46. The molecule has 3 aromatic rings. The lowest BCUT2D eigenvalue weighted by Crippen LogP contribution is -2.34. The number of benzene rings is 2. The molecule has 2 heterocycles. The van der Waals surface area contributed by atoms with E-state index in [0.717, 1.165) is 27.5 Å². The van der Waals surface area contributed by atoms with Gasteiger partial charge in [-0.1, -0.05) is 60.2 Å². The summed E-state index contributed by atoms with van der Waals surface area (Å²) < 4.78 is 45.0. The number of aliphatic hydroxyl groups excluding tert-OH is 1. The third-order valence-electron chi connectivity index (χ3n) is 5.69. The van der Waals surface area contributed by atoms with E-state index in [4.69, 9.17) is 13.8 Å². The summed E-state index contributed by atoms with van der Waals surface area (Å²) >= 11 is 0. The van der Waals surface area contributed by atoms with Crippen LogP contribution in [0, 0.1) is 12.7 Å². The molecule has 0 saturated carbocycles. The Morgan fingerprint density at radius 2 is 1.86 bits per heavy atom. The van der Waals surface area contributed by atoms with Crippen molar-refractivity contribution in [1.82, 2.24) is 14.6 Å². The Morgan fingerprint density at radius 1 is 1.14 bits per heavy atom. The van der Waals surface area contributed by atoms with Crippen molar-refractivity contribution in [3.05, 3.63) is 104 Å². The standard InChI is InChI=1S/C24H27FN3O7P/c1-16-7-9-18(10-8-16)14-33-36(32,26-12-17-5-3-2-4-6-17)34-15-21-20(29)11-22(35-21)28-13-19(25)23(30)27-24(28)31/h2-10,13,20-22,29H,11-12,14-15H2,1H3,(H,26,32)(H,27,30,31)/t20-,21+,22+,36?/m0/s1. The van der Waals surface area contributed by atoms with Crippen molar-refractivity contribution in [2.75, 3.05) is 6.61 Å². The fourth-order valence-corrected chi connectivity index (χ4v) is 4.93. The van der Waals surface area contributed by atoms with E-state index in [1.165, 1.54) is 0 Å². The molecule has 4 rings (SSSR count). The minimum atomic E-state index is -3.87. The van der Waals surface area contributed by atoms with Gasteiger partial charge in [0.2, 0.25) is 5.82 Å². The second kappa shape index (κ2) is 11.4. The summed E-state index contributed by atoms with van der Waals surface area (Å²) in [5.74, 6) is -1.16. The maximum absolute atomic E-state index is 13.7. The Balaban J connectivity index is 1.43. The zero-order valence-electron chi connectivity index (χ0n) is 19.5. The SMILES string of the molecule is Cc1ccc(COP(=O)(NCc2ccccc2)OC[C@H]2O[C@@H](n3cc(F)c(=O)[nH]c3=O)C[C@@H]2O)cc1. The van der Waals surface area contributed by atoms with Crippen molar-refractivity contribution < 1.29 is 27.8 Å². The van der Waals surface area contributed by atoms with Crippen molar-refractivity contribution in [2.24, 2.45) is 0 Å². The van der Waals surface area contributed by atoms with E-state index in [1.807, 2.05) is 66.5 Å². The largest absolute Gasteiger partial charge is 0.406 e. The second-order valence-corrected chi connectivity index (χ2v) is 10.3. The summed E-state index contributed by atoms with van der Waals surface area (Å²) in [6.07, 6.45) is -2.47. The molecule has 0 bridgehead atoms. The average Bonchev–Trinajstić information content (AvgIpc) is 3.24. The van der Waals surface area contributed by atoms with Crippen LogP contribution in [0.3, 0.4) is 0 Å². The molecule has 1 unspecified atom stereocenters. The van der Waals surface area contributed by atoms with E-state index in [-0.39, 0.29) is 26.2 Å². The van der Waals surface area contributed by atoms with Gasteiger partial charge >= 0.3 is 13.4 Å². The van der Waals surface area contributed by atoms with Crippen LogP contribution in [-0.2, 0) is 31.5 Å². The quantitative estimate of drug-likeness (QED) is 0.349. The second-order valence-electron chi connectivity index (χ2n) is 8.45. The maximum atomic E-state index is 13.7. The Kier molecular flexibility index (Phi) is 8.30. The average molecular weight is 519 g/mol. The van der Waals surface area contributed by atoms with Crippen LogP contribution in [0.15, 0.2) is 70.4 Å². The lowest BCUT2D eigenvalue weighted by atomic mass is 10.2. The molecule has 192 valence electrons. The van der Waals surface area contributed by atoms with Crippen molar-refractivity contribution in [1.29, 1.82) is 0 Å². The zero-order valence-corrected chi connectivity index (χ0v) is 20.4. The van der Waals surface area contributed by atoms with Gasteiger partial charge < -0.3 is 9.84 Å². The van der Waals surface area contributed by atoms with Crippen LogP contribution in [0.2, 0.25) is 0 Å². The lowest BCUT2D eigenvalue weighted by Gasteiger charge is -2.22. The summed E-state index contributed by atoms with van der Waals surface area (Å²) in [6, 6.07) is 16.8. The highest BCUT2D eigenvalue weighted by Gasteiger charge is 2.38. The van der Waals surface area contributed by atoms with E-state index in [1.54, 1.807) is 0 Å². The van der Waals surface area contributed by atoms with Crippen LogP contribution in [0.1, 0.15) is 29.3 Å². The van der Waals surface area contributed by atoms with Gasteiger partial charge in [-0.25, -0.2) is 14.4 Å². The first-order chi connectivity index (χ1) is 17.2. The van der Waals surface area contributed by atoms with Gasteiger partial charge in [0.25, 0.3) is 5.56 Å². The normalized spacial score (nSPS) is 21.4. The topological polar surface area (TPSA) is 132 Å². The number of aromatic amines is 1. The number of nitrogens with zero attached hydrogens (tertiary/aromatic N) is 1. The van der Waals surface area contributed by atoms with Crippen molar-refractivity contribution in [2.45, 2.75) is 44.9 Å². The molecule has 0 spiro atoms. The first-order valence-electron chi connectivity index (χ1n) is 11.3. The van der Waals surface area contributed by atoms with Gasteiger partial charge in [0.15, 0.2) is 0 Å². The van der Waals surface area contributed by atoms with Gasteiger partial charge in [-0.15, -0.1) is 0 Å². The number of H-pyrrole nitrogens is 1. The molecule has 1 saturated heterocycles. The molecule has 1 aromatic heterocycles. The van der Waals surface area contributed by atoms with Crippen molar-refractivity contribution in [3.63, 3.8) is 0 Å². The molecule has 12 heteroatoms. The number of hydrogen-bond acceptors (Lipinski definition) is 7. The van der Waals surface area contributed by atoms with Gasteiger partial charge in [-0.05, 0) is 18.1 Å². The zero-order chi connectivity index (χ0) is 25.7. The Labute approximate surface area is 206 Å². The Morgan fingerprint density at radius 3 is 2.58 bits per heavy atom. The number of aryl methyl sites for hydroxylation is 1. The number of rotatable bonds is 10. The Hall–Kier alpha value is -2.92. The third-order valence-corrected chi connectivity index (χ3v) is 7.19. The van der Waals surface area contributed by atoms with Crippen LogP contribution < -0.4 is 16.3 Å². The van der Waals surface area contributed by atoms with E-state index in [9.17, 15) is 23.7 Å². The van der Waals surface area contributed by atoms with E-state index < -0.39 is 43.2 Å². The predicted octanol–water partition coefficient (Wildman–Crippen LogP) is 2.76. The summed E-state index contributed by atoms with van der Waals surface area (Å²) in [4.78, 5) is 25.2. The van der Waals surface area contributed by atoms with Gasteiger partial charge in [0.1, 0.15) is 12.3 Å². The molecular formula is C24H27FN3O7P. The van der Waals surface area contributed by atoms with Crippen molar-refractivity contribution in [3.8, 4) is 0 Å². The third kappa shape index (κ3) is 6.64. The molecule has 1 aliphatic rings. The van der Waals surface area contributed by atoms with Gasteiger partial charge in [-0.3, -0.25) is 23.4 Å². The fourth-order valence-electron chi connectivity index (χ4n) is 3.64. The molecular weight excluding hydrogens is 492 g/mol. The molecule has 0 aliphatic carbocycles. The Bertz CT molecular complexity index is 1330. The molecule has 0 radical (unpaired) electrons. The van der Waals surface area contributed by atoms with Gasteiger partial charge in [-0.2, -0.15) is 4.39 Å². The predicted molar refractivity (Wildman–Crippen MR) is 129 cm³/mol. The summed E-state index contributed by atoms with van der Waals surface area (Å²) in [5, 5.41) is 13.3. The molecule has 0 amide bonds. The number of aromatic nitrogens is 2. The number of aliphatic hydroxyl groups is 1. The number of ether oxygens (including phenoxy) is 1. The highest BCUT2D eigenvalue weighted by atomic mass is 31.2. The minimum absolute atomic E-state index is 0.0160. The van der Waals surface area contributed by atoms with E-state index in [0.29, 0.717) is 0 Å². The first-order valence-corrected chi connectivity index (χ1v) is 12.8. The number of halogens is 1. The monoisotopic (exact) mass is 519 g/mol. The van der Waals surface area contributed by atoms with Gasteiger partial charge in [0, 0.05) is 13.0 Å². The van der Waals surface area contributed by atoms with Crippen LogP contribution in [0.5, 0.6) is 0 Å². The minimum Gasteiger partial charge on any atom is -0.390 e. The summed E-state index contributed by atoms with van der Waals surface area (Å²) in [7, 11) is -3.87. The van der Waals surface area contributed by atoms with E-state index in [2.05, 4.69) is 5.09 Å². The van der Waals surface area contributed by atoms with E-state index >= 15 is 0 Å². The number of nitrogens with one attached hydrogen (secondary N) is 2. The summed E-state index contributed by atoms with van der Waals surface area (Å²) in [6.45, 7) is 1.85. The molecule has 1 fully saturated rings. The summed E-state index contributed by atoms with van der Waals surface area (Å²) in [5.41, 5.74) is 0.700. The van der Waals surface area contributed by atoms with Crippen LogP contribution in [-0.4, -0.2) is 33.5 Å². The molecule has 2 aromatic carbocycles. The van der Waals surface area contributed by atoms with Crippen LogP contribution >= 0.6 is 7.75 Å². The lowest BCUT2D eigenvalue weighted by molar-refractivity contribution is -0.0442. The fraction of sp³-hybridized carbons (Fsp3) is 0.333. The molecule has 10 nitrogen and oxygen atoms in total. The number of hydrogen-bond donors (Lipinski definition) is 3. The van der Waals surface area contributed by atoms with Crippen LogP contribution in [0.4, 0.5) is 4.39 Å². The molecule has 36 heavy (non-hydrogen) atoms.